The third-order valence-corrected chi connectivity index (χ3v) is 5.02. The predicted molar refractivity (Wildman–Crippen MR) is 83.3 cm³/mol. The molecule has 1 aromatic carbocycles. The number of thiophene rings is 1. The van der Waals surface area contributed by atoms with Gasteiger partial charge in [-0.05, 0) is 42.5 Å². The third kappa shape index (κ3) is 3.44. The molecule has 2 aromatic rings. The first-order valence-corrected chi connectivity index (χ1v) is 8.11. The lowest BCUT2D eigenvalue weighted by molar-refractivity contribution is -0.122. The minimum Gasteiger partial charge on any atom is -0.355 e. The van der Waals surface area contributed by atoms with E-state index in [2.05, 4.69) is 5.32 Å². The summed E-state index contributed by atoms with van der Waals surface area (Å²) in [4.78, 5) is 13.2. The van der Waals surface area contributed by atoms with Gasteiger partial charge in [-0.3, -0.25) is 4.79 Å². The molecule has 5 heteroatoms. The van der Waals surface area contributed by atoms with Gasteiger partial charge in [0.15, 0.2) is 0 Å². The number of carbonyl (C=O) groups is 1. The second-order valence-electron chi connectivity index (χ2n) is 5.22. The molecule has 0 radical (unpaired) electrons. The zero-order chi connectivity index (χ0) is 14.8. The first-order valence-electron chi connectivity index (χ1n) is 6.91. The van der Waals surface area contributed by atoms with Gasteiger partial charge in [0.2, 0.25) is 5.91 Å². The summed E-state index contributed by atoms with van der Waals surface area (Å²) in [5, 5.41) is 2.92. The van der Waals surface area contributed by atoms with Gasteiger partial charge in [0.05, 0.1) is 4.34 Å². The molecule has 0 saturated heterocycles. The van der Waals surface area contributed by atoms with Crippen LogP contribution >= 0.6 is 22.9 Å². The Morgan fingerprint density at radius 1 is 1.33 bits per heavy atom. The van der Waals surface area contributed by atoms with Crippen LogP contribution in [0.5, 0.6) is 0 Å². The van der Waals surface area contributed by atoms with Gasteiger partial charge in [0.1, 0.15) is 5.82 Å². The quantitative estimate of drug-likeness (QED) is 0.885. The van der Waals surface area contributed by atoms with E-state index >= 15 is 0 Å². The molecule has 3 rings (SSSR count). The highest BCUT2D eigenvalue weighted by Gasteiger charge is 2.44. The summed E-state index contributed by atoms with van der Waals surface area (Å²) < 4.78 is 14.4. The van der Waals surface area contributed by atoms with Gasteiger partial charge in [0, 0.05) is 17.3 Å². The standard InChI is InChI=1S/C16H15ClFNOS/c17-15-6-5-10(21-15)7-8-19-16(20)13-9-12(13)11-3-1-2-4-14(11)18/h1-6,12-13H,7-9H2,(H,19,20). The largest absolute Gasteiger partial charge is 0.355 e. The lowest BCUT2D eigenvalue weighted by atomic mass is 10.1. The lowest BCUT2D eigenvalue weighted by Gasteiger charge is -2.04. The van der Waals surface area contributed by atoms with Crippen molar-refractivity contribution in [3.05, 3.63) is 57.0 Å². The van der Waals surface area contributed by atoms with Crippen LogP contribution in [-0.4, -0.2) is 12.5 Å². The van der Waals surface area contributed by atoms with E-state index in [9.17, 15) is 9.18 Å². The van der Waals surface area contributed by atoms with Gasteiger partial charge in [-0.1, -0.05) is 29.8 Å². The minimum atomic E-state index is -0.217. The fraction of sp³-hybridized carbons (Fsp3) is 0.312. The van der Waals surface area contributed by atoms with Crippen molar-refractivity contribution in [1.29, 1.82) is 0 Å². The fourth-order valence-electron chi connectivity index (χ4n) is 2.53. The molecule has 1 amide bonds. The normalized spacial score (nSPS) is 20.3. The molecule has 0 spiro atoms. The topological polar surface area (TPSA) is 29.1 Å². The number of rotatable bonds is 5. The number of halogens is 2. The number of benzene rings is 1. The summed E-state index contributed by atoms with van der Waals surface area (Å²) in [6, 6.07) is 10.5. The van der Waals surface area contributed by atoms with Crippen molar-refractivity contribution in [3.63, 3.8) is 0 Å². The lowest BCUT2D eigenvalue weighted by Crippen LogP contribution is -2.27. The number of hydrogen-bond donors (Lipinski definition) is 1. The molecule has 2 unspecified atom stereocenters. The maximum atomic E-state index is 13.6. The zero-order valence-electron chi connectivity index (χ0n) is 11.3. The molecule has 1 fully saturated rings. The second kappa shape index (κ2) is 6.16. The Morgan fingerprint density at radius 3 is 2.86 bits per heavy atom. The molecule has 1 heterocycles. The van der Waals surface area contributed by atoms with Gasteiger partial charge in [-0.15, -0.1) is 11.3 Å². The molecule has 1 aromatic heterocycles. The highest BCUT2D eigenvalue weighted by molar-refractivity contribution is 7.16. The molecular formula is C16H15ClFNOS. The Balaban J connectivity index is 1.48. The minimum absolute atomic E-state index is 0.0194. The van der Waals surface area contributed by atoms with Crippen molar-refractivity contribution in [1.82, 2.24) is 5.32 Å². The van der Waals surface area contributed by atoms with E-state index in [1.165, 1.54) is 17.4 Å². The first kappa shape index (κ1) is 14.5. The molecule has 2 nitrogen and oxygen atoms in total. The highest BCUT2D eigenvalue weighted by Crippen LogP contribution is 2.48. The predicted octanol–water partition coefficient (Wildman–Crippen LogP) is 4.00. The van der Waals surface area contributed by atoms with Gasteiger partial charge >= 0.3 is 0 Å². The van der Waals surface area contributed by atoms with Crippen LogP contribution in [0.2, 0.25) is 4.34 Å². The maximum absolute atomic E-state index is 13.6. The molecule has 110 valence electrons. The smallest absolute Gasteiger partial charge is 0.223 e. The Hall–Kier alpha value is -1.39. The molecule has 1 N–H and O–H groups in total. The van der Waals surface area contributed by atoms with E-state index in [0.29, 0.717) is 12.1 Å². The molecule has 1 aliphatic rings. The zero-order valence-corrected chi connectivity index (χ0v) is 12.9. The van der Waals surface area contributed by atoms with Crippen LogP contribution in [0.1, 0.15) is 22.8 Å². The molecule has 21 heavy (non-hydrogen) atoms. The van der Waals surface area contributed by atoms with E-state index < -0.39 is 0 Å². The van der Waals surface area contributed by atoms with E-state index in [0.717, 1.165) is 22.1 Å². The Kier molecular flexibility index (Phi) is 4.27. The Bertz CT molecular complexity index is 657. The average molecular weight is 324 g/mol. The summed E-state index contributed by atoms with van der Waals surface area (Å²) >= 11 is 7.39. The number of carbonyl (C=O) groups excluding carboxylic acids is 1. The van der Waals surface area contributed by atoms with E-state index in [4.69, 9.17) is 11.6 Å². The van der Waals surface area contributed by atoms with Crippen LogP contribution in [0.4, 0.5) is 4.39 Å². The van der Waals surface area contributed by atoms with Crippen LogP contribution in [0.15, 0.2) is 36.4 Å². The highest BCUT2D eigenvalue weighted by atomic mass is 35.5. The Morgan fingerprint density at radius 2 is 2.14 bits per heavy atom. The summed E-state index contributed by atoms with van der Waals surface area (Å²) in [7, 11) is 0. The molecule has 0 bridgehead atoms. The average Bonchev–Trinajstić information content (AvgIpc) is 3.16. The van der Waals surface area contributed by atoms with E-state index in [1.54, 1.807) is 12.1 Å². The van der Waals surface area contributed by atoms with Crippen LogP contribution in [0.3, 0.4) is 0 Å². The van der Waals surface area contributed by atoms with E-state index in [-0.39, 0.29) is 23.6 Å². The summed E-state index contributed by atoms with van der Waals surface area (Å²) in [6.07, 6.45) is 1.51. The van der Waals surface area contributed by atoms with Gasteiger partial charge in [-0.25, -0.2) is 4.39 Å². The summed E-state index contributed by atoms with van der Waals surface area (Å²) in [5.41, 5.74) is 0.655. The SMILES string of the molecule is O=C(NCCc1ccc(Cl)s1)C1CC1c1ccccc1F. The van der Waals surface area contributed by atoms with Crippen LogP contribution in [0, 0.1) is 11.7 Å². The number of amides is 1. The monoisotopic (exact) mass is 323 g/mol. The van der Waals surface area contributed by atoms with Crippen LogP contribution in [-0.2, 0) is 11.2 Å². The summed E-state index contributed by atoms with van der Waals surface area (Å²) in [6.45, 7) is 0.593. The molecule has 1 saturated carbocycles. The molecule has 2 atom stereocenters. The van der Waals surface area contributed by atoms with Gasteiger partial charge in [-0.2, -0.15) is 0 Å². The summed E-state index contributed by atoms with van der Waals surface area (Å²) in [5.74, 6) is -0.256. The number of hydrogen-bond acceptors (Lipinski definition) is 2. The first-order chi connectivity index (χ1) is 10.1. The second-order valence-corrected chi connectivity index (χ2v) is 7.02. The van der Waals surface area contributed by atoms with E-state index in [1.807, 2.05) is 18.2 Å². The van der Waals surface area contributed by atoms with Crippen LogP contribution < -0.4 is 5.32 Å². The third-order valence-electron chi connectivity index (χ3n) is 3.73. The van der Waals surface area contributed by atoms with Gasteiger partial charge in [0.25, 0.3) is 0 Å². The molecular weight excluding hydrogens is 309 g/mol. The number of nitrogens with one attached hydrogen (secondary N) is 1. The molecule has 1 aliphatic carbocycles. The van der Waals surface area contributed by atoms with Crippen molar-refractivity contribution in [3.8, 4) is 0 Å². The van der Waals surface area contributed by atoms with Crippen LogP contribution in [0.25, 0.3) is 0 Å². The van der Waals surface area contributed by atoms with Gasteiger partial charge < -0.3 is 5.32 Å². The van der Waals surface area contributed by atoms with Crippen molar-refractivity contribution in [2.24, 2.45) is 5.92 Å². The fourth-order valence-corrected chi connectivity index (χ4v) is 3.62. The molecule has 0 aliphatic heterocycles. The van der Waals surface area contributed by atoms with Crippen molar-refractivity contribution >= 4 is 28.8 Å². The van der Waals surface area contributed by atoms with Crippen molar-refractivity contribution in [2.75, 3.05) is 6.54 Å². The maximum Gasteiger partial charge on any atom is 0.223 e. The Labute approximate surface area is 131 Å². The van der Waals surface area contributed by atoms with Crippen molar-refractivity contribution in [2.45, 2.75) is 18.8 Å². The van der Waals surface area contributed by atoms with Crippen molar-refractivity contribution < 1.29 is 9.18 Å².